The molecule has 0 aliphatic carbocycles. The number of nitrogens with two attached hydrogens (primary N) is 1. The highest BCUT2D eigenvalue weighted by Crippen LogP contribution is 2.26. The minimum atomic E-state index is -0.634. The Labute approximate surface area is 103 Å². The molecule has 0 spiro atoms. The number of carbonyl (C=O) groups excluding carboxylic acids is 1. The van der Waals surface area contributed by atoms with Crippen LogP contribution in [0.3, 0.4) is 0 Å². The maximum Gasteiger partial charge on any atom is 0.332 e. The number of anilines is 2. The number of aromatic nitrogens is 2. The molecule has 18 heavy (non-hydrogen) atoms. The summed E-state index contributed by atoms with van der Waals surface area (Å²) < 4.78 is 0. The summed E-state index contributed by atoms with van der Waals surface area (Å²) in [6.07, 6.45) is 0. The fourth-order valence-corrected chi connectivity index (χ4v) is 1.32. The van der Waals surface area contributed by atoms with Gasteiger partial charge in [0.15, 0.2) is 0 Å². The predicted molar refractivity (Wildman–Crippen MR) is 65.3 cm³/mol. The van der Waals surface area contributed by atoms with Gasteiger partial charge in [0, 0.05) is 6.54 Å². The number of aryl methyl sites for hydroxylation is 1. The zero-order chi connectivity index (χ0) is 13.7. The summed E-state index contributed by atoms with van der Waals surface area (Å²) in [7, 11) is 0. The quantitative estimate of drug-likeness (QED) is 0.480. The van der Waals surface area contributed by atoms with E-state index < -0.39 is 10.8 Å². The Balaban J connectivity index is 3.15. The van der Waals surface area contributed by atoms with Gasteiger partial charge in [0.05, 0.1) is 11.5 Å². The Hall–Kier alpha value is -2.45. The van der Waals surface area contributed by atoms with Crippen molar-refractivity contribution in [2.24, 2.45) is 5.73 Å². The van der Waals surface area contributed by atoms with Crippen molar-refractivity contribution >= 4 is 23.4 Å². The number of hydrogen-bond donors (Lipinski definition) is 3. The Morgan fingerprint density at radius 3 is 2.61 bits per heavy atom. The van der Waals surface area contributed by atoms with E-state index in [-0.39, 0.29) is 29.7 Å². The van der Waals surface area contributed by atoms with Gasteiger partial charge in [0.2, 0.25) is 17.7 Å². The standard InChI is InChI=1S/C9H14N6O3/c1-3-11-9-13-5(2)7(15(17)18)8(14-9)12-4-6(10)16/h3-4H2,1-2H3,(H2,10,16)(H2,11,12,13,14). The molecule has 0 atom stereocenters. The molecule has 0 unspecified atom stereocenters. The van der Waals surface area contributed by atoms with Gasteiger partial charge in [-0.2, -0.15) is 4.98 Å². The van der Waals surface area contributed by atoms with Crippen LogP contribution in [0, 0.1) is 17.0 Å². The molecule has 1 heterocycles. The number of carbonyl (C=O) groups is 1. The molecule has 0 aromatic carbocycles. The lowest BCUT2D eigenvalue weighted by molar-refractivity contribution is -0.385. The Kier molecular flexibility index (Phi) is 4.35. The highest BCUT2D eigenvalue weighted by Gasteiger charge is 2.22. The first kappa shape index (κ1) is 13.6. The van der Waals surface area contributed by atoms with Crippen molar-refractivity contribution in [3.05, 3.63) is 15.8 Å². The van der Waals surface area contributed by atoms with Crippen LogP contribution in [0.5, 0.6) is 0 Å². The molecule has 0 radical (unpaired) electrons. The SMILES string of the molecule is CCNc1nc(C)c([N+](=O)[O-])c(NCC(N)=O)n1. The van der Waals surface area contributed by atoms with Gasteiger partial charge in [0.25, 0.3) is 0 Å². The highest BCUT2D eigenvalue weighted by atomic mass is 16.6. The molecule has 0 saturated heterocycles. The van der Waals surface area contributed by atoms with Crippen molar-refractivity contribution in [1.82, 2.24) is 9.97 Å². The number of hydrogen-bond acceptors (Lipinski definition) is 7. The maximum absolute atomic E-state index is 10.9. The summed E-state index contributed by atoms with van der Waals surface area (Å²) in [6.45, 7) is 3.68. The molecule has 4 N–H and O–H groups in total. The Bertz CT molecular complexity index is 476. The van der Waals surface area contributed by atoms with Gasteiger partial charge in [-0.25, -0.2) is 4.98 Å². The molecule has 0 aliphatic rings. The zero-order valence-electron chi connectivity index (χ0n) is 10.1. The molecule has 9 heteroatoms. The molecule has 1 aromatic rings. The van der Waals surface area contributed by atoms with Gasteiger partial charge in [-0.3, -0.25) is 14.9 Å². The van der Waals surface area contributed by atoms with E-state index in [0.29, 0.717) is 6.54 Å². The van der Waals surface area contributed by atoms with Crippen LogP contribution in [0.4, 0.5) is 17.5 Å². The van der Waals surface area contributed by atoms with Crippen LogP contribution in [-0.4, -0.2) is 33.9 Å². The van der Waals surface area contributed by atoms with Crippen LogP contribution in [-0.2, 0) is 4.79 Å². The minimum Gasteiger partial charge on any atom is -0.368 e. The monoisotopic (exact) mass is 254 g/mol. The fourth-order valence-electron chi connectivity index (χ4n) is 1.32. The second-order valence-electron chi connectivity index (χ2n) is 3.44. The average molecular weight is 254 g/mol. The second-order valence-corrected chi connectivity index (χ2v) is 3.44. The fraction of sp³-hybridized carbons (Fsp3) is 0.444. The molecule has 0 aliphatic heterocycles. The van der Waals surface area contributed by atoms with Crippen LogP contribution in [0.1, 0.15) is 12.6 Å². The van der Waals surface area contributed by atoms with Crippen LogP contribution in [0.15, 0.2) is 0 Å². The van der Waals surface area contributed by atoms with E-state index in [0.717, 1.165) is 0 Å². The molecule has 1 rings (SSSR count). The molecule has 0 bridgehead atoms. The summed E-state index contributed by atoms with van der Waals surface area (Å²) in [5.74, 6) is -0.402. The van der Waals surface area contributed by atoms with Crippen LogP contribution < -0.4 is 16.4 Å². The topological polar surface area (TPSA) is 136 Å². The summed E-state index contributed by atoms with van der Waals surface area (Å²) >= 11 is 0. The highest BCUT2D eigenvalue weighted by molar-refractivity contribution is 5.79. The van der Waals surface area contributed by atoms with Gasteiger partial charge < -0.3 is 16.4 Å². The smallest absolute Gasteiger partial charge is 0.332 e. The summed E-state index contributed by atoms with van der Waals surface area (Å²) in [5.41, 5.74) is 4.91. The van der Waals surface area contributed by atoms with Crippen molar-refractivity contribution in [3.63, 3.8) is 0 Å². The third-order valence-corrected chi connectivity index (χ3v) is 2.01. The number of primary amides is 1. The zero-order valence-corrected chi connectivity index (χ0v) is 10.1. The number of nitrogens with one attached hydrogen (secondary N) is 2. The first-order valence-corrected chi connectivity index (χ1v) is 5.24. The molecular formula is C9H14N6O3. The van der Waals surface area contributed by atoms with Gasteiger partial charge >= 0.3 is 5.69 Å². The van der Waals surface area contributed by atoms with E-state index >= 15 is 0 Å². The van der Waals surface area contributed by atoms with E-state index in [1.807, 2.05) is 6.92 Å². The predicted octanol–water partition coefficient (Wildman–Crippen LogP) is 0.0222. The van der Waals surface area contributed by atoms with Gasteiger partial charge in [-0.15, -0.1) is 0 Å². The van der Waals surface area contributed by atoms with Crippen molar-refractivity contribution in [2.45, 2.75) is 13.8 Å². The lowest BCUT2D eigenvalue weighted by Gasteiger charge is -2.08. The van der Waals surface area contributed by atoms with E-state index in [1.54, 1.807) is 0 Å². The third kappa shape index (κ3) is 3.27. The van der Waals surface area contributed by atoms with Gasteiger partial charge in [-0.05, 0) is 13.8 Å². The third-order valence-electron chi connectivity index (χ3n) is 2.01. The maximum atomic E-state index is 10.9. The molecule has 1 amide bonds. The number of nitro groups is 1. The first-order valence-electron chi connectivity index (χ1n) is 5.24. The van der Waals surface area contributed by atoms with Crippen LogP contribution in [0.25, 0.3) is 0 Å². The average Bonchev–Trinajstić information content (AvgIpc) is 2.25. The Morgan fingerprint density at radius 2 is 2.11 bits per heavy atom. The second kappa shape index (κ2) is 5.75. The molecule has 1 aromatic heterocycles. The summed E-state index contributed by atoms with van der Waals surface area (Å²) in [4.78, 5) is 28.9. The van der Waals surface area contributed by atoms with E-state index in [9.17, 15) is 14.9 Å². The molecule has 0 fully saturated rings. The van der Waals surface area contributed by atoms with Gasteiger partial charge in [0.1, 0.15) is 5.69 Å². The van der Waals surface area contributed by atoms with E-state index in [1.165, 1.54) is 6.92 Å². The van der Waals surface area contributed by atoms with Crippen molar-refractivity contribution in [3.8, 4) is 0 Å². The Morgan fingerprint density at radius 1 is 1.44 bits per heavy atom. The van der Waals surface area contributed by atoms with Crippen LogP contribution >= 0.6 is 0 Å². The van der Waals surface area contributed by atoms with E-state index in [2.05, 4.69) is 20.6 Å². The van der Waals surface area contributed by atoms with Crippen molar-refractivity contribution in [1.29, 1.82) is 0 Å². The largest absolute Gasteiger partial charge is 0.368 e. The number of amides is 1. The first-order chi connectivity index (χ1) is 8.45. The van der Waals surface area contributed by atoms with Gasteiger partial charge in [-0.1, -0.05) is 0 Å². The van der Waals surface area contributed by atoms with E-state index in [4.69, 9.17) is 5.73 Å². The lowest BCUT2D eigenvalue weighted by Crippen LogP contribution is -2.23. The lowest BCUT2D eigenvalue weighted by atomic mass is 10.3. The molecular weight excluding hydrogens is 240 g/mol. The van der Waals surface area contributed by atoms with Crippen molar-refractivity contribution in [2.75, 3.05) is 23.7 Å². The van der Waals surface area contributed by atoms with Crippen LogP contribution in [0.2, 0.25) is 0 Å². The molecule has 98 valence electrons. The summed E-state index contributed by atoms with van der Waals surface area (Å²) in [6, 6.07) is 0. The normalized spacial score (nSPS) is 9.89. The summed E-state index contributed by atoms with van der Waals surface area (Å²) in [5, 5.41) is 16.3. The van der Waals surface area contributed by atoms with Crippen molar-refractivity contribution < 1.29 is 9.72 Å². The number of nitrogens with zero attached hydrogens (tertiary/aromatic N) is 3. The number of rotatable bonds is 6. The minimum absolute atomic E-state index is 0.0257. The molecule has 0 saturated carbocycles. The molecule has 9 nitrogen and oxygen atoms in total.